The fraction of sp³-hybridized carbons (Fsp3) is 0.296. The molecule has 8 heteroatoms. The highest BCUT2D eigenvalue weighted by Gasteiger charge is 2.22. The van der Waals surface area contributed by atoms with E-state index in [2.05, 4.69) is 0 Å². The van der Waals surface area contributed by atoms with Crippen molar-refractivity contribution >= 4 is 5.78 Å². The number of hydrogen-bond donors (Lipinski definition) is 1. The summed E-state index contributed by atoms with van der Waals surface area (Å²) < 4.78 is 77.3. The van der Waals surface area contributed by atoms with E-state index in [1.165, 1.54) is 36.4 Å². The lowest BCUT2D eigenvalue weighted by Gasteiger charge is -2.12. The predicted octanol–water partition coefficient (Wildman–Crippen LogP) is 7.31. The maximum atomic E-state index is 14.7. The van der Waals surface area contributed by atoms with Crippen LogP contribution in [-0.4, -0.2) is 17.5 Å². The molecule has 0 spiro atoms. The molecule has 0 aliphatic heterocycles. The van der Waals surface area contributed by atoms with E-state index in [9.17, 15) is 31.9 Å². The van der Waals surface area contributed by atoms with Gasteiger partial charge < -0.3 is 9.84 Å². The van der Waals surface area contributed by atoms with E-state index < -0.39 is 46.2 Å². The number of ketones is 1. The molecule has 0 aromatic heterocycles. The summed E-state index contributed by atoms with van der Waals surface area (Å²) in [5.74, 6) is -7.50. The molecule has 0 heterocycles. The number of benzene rings is 3. The second kappa shape index (κ2) is 11.3. The Bertz CT molecular complexity index is 1240. The third kappa shape index (κ3) is 5.47. The summed E-state index contributed by atoms with van der Waals surface area (Å²) in [4.78, 5) is 12.4. The Labute approximate surface area is 200 Å². The van der Waals surface area contributed by atoms with Gasteiger partial charge in [0.05, 0.1) is 12.2 Å². The molecule has 3 rings (SSSR count). The third-order valence-electron chi connectivity index (χ3n) is 5.67. The number of carbonyl (C=O) groups is 1. The van der Waals surface area contributed by atoms with E-state index in [4.69, 9.17) is 4.74 Å². The minimum Gasteiger partial charge on any atom is -0.504 e. The van der Waals surface area contributed by atoms with Gasteiger partial charge in [-0.2, -0.15) is 4.39 Å². The van der Waals surface area contributed by atoms with Crippen LogP contribution in [0.3, 0.4) is 0 Å². The van der Waals surface area contributed by atoms with Gasteiger partial charge in [0.1, 0.15) is 0 Å². The molecule has 35 heavy (non-hydrogen) atoms. The second-order valence-corrected chi connectivity index (χ2v) is 8.03. The minimum atomic E-state index is -1.32. The van der Waals surface area contributed by atoms with Gasteiger partial charge in [-0.05, 0) is 49.4 Å². The third-order valence-corrected chi connectivity index (χ3v) is 5.67. The summed E-state index contributed by atoms with van der Waals surface area (Å²) >= 11 is 0. The minimum absolute atomic E-state index is 0.0403. The number of carbonyl (C=O) groups excluding carboxylic acids is 1. The van der Waals surface area contributed by atoms with Gasteiger partial charge in [-0.3, -0.25) is 4.79 Å². The van der Waals surface area contributed by atoms with Crippen molar-refractivity contribution in [1.82, 2.24) is 0 Å². The van der Waals surface area contributed by atoms with E-state index in [0.29, 0.717) is 12.8 Å². The van der Waals surface area contributed by atoms with Crippen LogP contribution >= 0.6 is 0 Å². The van der Waals surface area contributed by atoms with E-state index in [1.807, 2.05) is 6.92 Å². The summed E-state index contributed by atoms with van der Waals surface area (Å²) in [5.41, 5.74) is -0.916. The first kappa shape index (κ1) is 26.2. The van der Waals surface area contributed by atoms with E-state index >= 15 is 0 Å². The Morgan fingerprint density at radius 1 is 0.771 bits per heavy atom. The van der Waals surface area contributed by atoms with E-state index in [-0.39, 0.29) is 53.9 Å². The normalized spacial score (nSPS) is 11.1. The van der Waals surface area contributed by atoms with Gasteiger partial charge in [0.2, 0.25) is 5.82 Å². The van der Waals surface area contributed by atoms with Gasteiger partial charge in [0.15, 0.2) is 40.6 Å². The molecule has 0 amide bonds. The zero-order valence-electron chi connectivity index (χ0n) is 19.4. The van der Waals surface area contributed by atoms with Crippen molar-refractivity contribution in [1.29, 1.82) is 0 Å². The molecule has 186 valence electrons. The number of aryl methyl sites for hydroxylation is 2. The van der Waals surface area contributed by atoms with E-state index in [1.54, 1.807) is 6.92 Å². The summed E-state index contributed by atoms with van der Waals surface area (Å²) in [5, 5.41) is 9.96. The molecule has 3 nitrogen and oxygen atoms in total. The van der Waals surface area contributed by atoms with Gasteiger partial charge in [0.25, 0.3) is 0 Å². The monoisotopic (exact) mass is 492 g/mol. The van der Waals surface area contributed by atoms with Crippen molar-refractivity contribution in [2.24, 2.45) is 0 Å². The number of aromatic hydroxyl groups is 1. The van der Waals surface area contributed by atoms with Crippen LogP contribution in [0.5, 0.6) is 11.5 Å². The number of halogens is 5. The van der Waals surface area contributed by atoms with Gasteiger partial charge in [-0.1, -0.05) is 37.6 Å². The molecule has 0 unspecified atom stereocenters. The SMILES string of the molecule is CCCc1ccc(-c2ccc(CCCC(=O)c3ccc(OCC)c(F)c3O)c(F)c2F)c(F)c1F. The molecule has 1 N–H and O–H groups in total. The number of Topliss-reactive ketones (excluding diaryl/α,β-unsaturated/α-hetero) is 1. The molecular weight excluding hydrogens is 467 g/mol. The van der Waals surface area contributed by atoms with Gasteiger partial charge in [0, 0.05) is 17.5 Å². The largest absolute Gasteiger partial charge is 0.504 e. The van der Waals surface area contributed by atoms with Crippen molar-refractivity contribution in [3.63, 3.8) is 0 Å². The van der Waals surface area contributed by atoms with Crippen molar-refractivity contribution in [3.05, 3.63) is 82.2 Å². The van der Waals surface area contributed by atoms with Crippen LogP contribution in [0.25, 0.3) is 11.1 Å². The van der Waals surface area contributed by atoms with Crippen LogP contribution in [0, 0.1) is 29.1 Å². The van der Waals surface area contributed by atoms with Crippen molar-refractivity contribution in [3.8, 4) is 22.6 Å². The van der Waals surface area contributed by atoms with Crippen molar-refractivity contribution < 1.29 is 36.6 Å². The smallest absolute Gasteiger partial charge is 0.207 e. The maximum Gasteiger partial charge on any atom is 0.207 e. The van der Waals surface area contributed by atoms with Crippen LogP contribution in [0.15, 0.2) is 36.4 Å². The van der Waals surface area contributed by atoms with Gasteiger partial charge in [-0.15, -0.1) is 0 Å². The number of phenols is 1. The lowest BCUT2D eigenvalue weighted by Crippen LogP contribution is -2.05. The zero-order chi connectivity index (χ0) is 25.7. The Balaban J connectivity index is 1.73. The first-order valence-electron chi connectivity index (χ1n) is 11.3. The lowest BCUT2D eigenvalue weighted by molar-refractivity contribution is 0.0976. The van der Waals surface area contributed by atoms with Crippen LogP contribution in [0.1, 0.15) is 54.6 Å². The maximum absolute atomic E-state index is 14.7. The Morgan fingerprint density at radius 2 is 1.34 bits per heavy atom. The second-order valence-electron chi connectivity index (χ2n) is 8.03. The fourth-order valence-corrected chi connectivity index (χ4v) is 3.86. The molecule has 0 fully saturated rings. The first-order chi connectivity index (χ1) is 16.7. The van der Waals surface area contributed by atoms with Gasteiger partial charge >= 0.3 is 0 Å². The average Bonchev–Trinajstić information content (AvgIpc) is 2.83. The molecule has 3 aromatic carbocycles. The molecule has 0 bridgehead atoms. The summed E-state index contributed by atoms with van der Waals surface area (Å²) in [7, 11) is 0. The molecule has 3 aromatic rings. The summed E-state index contributed by atoms with van der Waals surface area (Å²) in [6.45, 7) is 3.63. The first-order valence-corrected chi connectivity index (χ1v) is 11.3. The van der Waals surface area contributed by atoms with Crippen LogP contribution in [-0.2, 0) is 12.8 Å². The molecular formula is C27H25F5O3. The number of hydrogen-bond acceptors (Lipinski definition) is 3. The Kier molecular flexibility index (Phi) is 8.48. The average molecular weight is 492 g/mol. The molecule has 0 saturated carbocycles. The van der Waals surface area contributed by atoms with Crippen LogP contribution in [0.4, 0.5) is 22.0 Å². The number of ether oxygens (including phenoxy) is 1. The molecule has 0 aliphatic rings. The standard InChI is InChI=1S/C27H25F5O3/c1-3-6-15-9-11-17(24(30)22(15)28)18-12-10-16(23(29)25(18)31)7-5-8-20(33)19-13-14-21(35-4-2)26(32)27(19)34/h9-14,34H,3-8H2,1-2H3. The van der Waals surface area contributed by atoms with Crippen LogP contribution in [0.2, 0.25) is 0 Å². The highest BCUT2D eigenvalue weighted by Crippen LogP contribution is 2.33. The van der Waals surface area contributed by atoms with Gasteiger partial charge in [-0.25, -0.2) is 17.6 Å². The van der Waals surface area contributed by atoms with E-state index in [0.717, 1.165) is 0 Å². The van der Waals surface area contributed by atoms with Crippen molar-refractivity contribution in [2.45, 2.75) is 46.0 Å². The van der Waals surface area contributed by atoms with Crippen molar-refractivity contribution in [2.75, 3.05) is 6.61 Å². The zero-order valence-corrected chi connectivity index (χ0v) is 19.4. The highest BCUT2D eigenvalue weighted by molar-refractivity contribution is 5.98. The summed E-state index contributed by atoms with van der Waals surface area (Å²) in [6.07, 6.45) is 0.795. The fourth-order valence-electron chi connectivity index (χ4n) is 3.86. The number of rotatable bonds is 10. The highest BCUT2D eigenvalue weighted by atomic mass is 19.2. The molecule has 0 radical (unpaired) electrons. The summed E-state index contributed by atoms with van der Waals surface area (Å²) in [6, 6.07) is 7.47. The Morgan fingerprint density at radius 3 is 1.89 bits per heavy atom. The molecule has 0 atom stereocenters. The lowest BCUT2D eigenvalue weighted by atomic mass is 9.96. The Hall–Kier alpha value is -3.42. The van der Waals surface area contributed by atoms with Crippen LogP contribution < -0.4 is 4.74 Å². The predicted molar refractivity (Wildman–Crippen MR) is 122 cm³/mol. The molecule has 0 aliphatic carbocycles. The number of phenolic OH excluding ortho intramolecular Hbond substituents is 1. The quantitative estimate of drug-likeness (QED) is 0.238. The molecule has 0 saturated heterocycles. The topological polar surface area (TPSA) is 46.5 Å².